The van der Waals surface area contributed by atoms with Gasteiger partial charge in [-0.1, -0.05) is 23.4 Å². The molecule has 0 bridgehead atoms. The van der Waals surface area contributed by atoms with Crippen LogP contribution < -0.4 is 4.31 Å². The molecule has 98 valence electrons. The number of aromatic amines is 1. The minimum Gasteiger partial charge on any atom is -0.410 e. The van der Waals surface area contributed by atoms with Crippen LogP contribution in [0.4, 0.5) is 5.69 Å². The van der Waals surface area contributed by atoms with E-state index in [0.717, 1.165) is 4.31 Å². The van der Waals surface area contributed by atoms with Crippen molar-refractivity contribution < 1.29 is 13.6 Å². The number of aromatic nitrogens is 2. The molecule has 8 heteroatoms. The number of rotatable bonds is 0. The van der Waals surface area contributed by atoms with Crippen LogP contribution in [0.3, 0.4) is 0 Å². The van der Waals surface area contributed by atoms with E-state index >= 15 is 0 Å². The number of fused-ring (bicyclic) bond motifs is 2. The number of H-pyrrole nitrogens is 1. The summed E-state index contributed by atoms with van der Waals surface area (Å²) in [5.74, 6) is 0. The highest BCUT2D eigenvalue weighted by atomic mass is 32.2. The molecule has 1 aliphatic rings. The summed E-state index contributed by atoms with van der Waals surface area (Å²) in [4.78, 5) is 0. The molecule has 0 saturated carbocycles. The van der Waals surface area contributed by atoms with Crippen LogP contribution in [-0.2, 0) is 10.0 Å². The number of nitrogens with zero attached hydrogens (tertiary/aromatic N) is 3. The first-order valence-corrected chi connectivity index (χ1v) is 6.85. The lowest BCUT2D eigenvalue weighted by Gasteiger charge is -2.18. The van der Waals surface area contributed by atoms with Crippen LogP contribution in [0.1, 0.15) is 11.1 Å². The minimum atomic E-state index is -3.75. The zero-order chi connectivity index (χ0) is 13.6. The fraction of sp³-hybridized carbons (Fsp3) is 0.0909. The van der Waals surface area contributed by atoms with Crippen LogP contribution in [0.15, 0.2) is 40.6 Å². The number of hydrogen-bond acceptors (Lipinski definition) is 5. The molecule has 7 nitrogen and oxygen atoms in total. The van der Waals surface area contributed by atoms with Crippen molar-refractivity contribution in [2.24, 2.45) is 5.16 Å². The van der Waals surface area contributed by atoms with Crippen molar-refractivity contribution in [3.05, 3.63) is 41.6 Å². The number of hydrogen-bond donors (Lipinski definition) is 2. The largest absolute Gasteiger partial charge is 0.410 e. The second-order valence-electron chi connectivity index (χ2n) is 4.05. The lowest BCUT2D eigenvalue weighted by atomic mass is 10.0. The number of para-hydroxylation sites is 1. The smallest absolute Gasteiger partial charge is 0.281 e. The van der Waals surface area contributed by atoms with Crippen molar-refractivity contribution in [1.29, 1.82) is 0 Å². The summed E-state index contributed by atoms with van der Waals surface area (Å²) in [5.41, 5.74) is 1.39. The SMILES string of the molecule is CN1c2ccccc2C(=NO)c2cn[nH]c2S1(=O)=O. The summed E-state index contributed by atoms with van der Waals surface area (Å²) in [6.07, 6.45) is 1.33. The maximum absolute atomic E-state index is 12.4. The van der Waals surface area contributed by atoms with Gasteiger partial charge in [0.15, 0.2) is 5.03 Å². The molecule has 1 aromatic carbocycles. The highest BCUT2D eigenvalue weighted by Crippen LogP contribution is 2.32. The van der Waals surface area contributed by atoms with E-state index in [4.69, 9.17) is 0 Å². The molecule has 0 unspecified atom stereocenters. The van der Waals surface area contributed by atoms with Crippen LogP contribution in [-0.4, -0.2) is 36.6 Å². The number of benzene rings is 1. The van der Waals surface area contributed by atoms with Crippen molar-refractivity contribution in [3.63, 3.8) is 0 Å². The van der Waals surface area contributed by atoms with E-state index < -0.39 is 10.0 Å². The third-order valence-corrected chi connectivity index (χ3v) is 4.82. The van der Waals surface area contributed by atoms with Crippen LogP contribution >= 0.6 is 0 Å². The van der Waals surface area contributed by atoms with Gasteiger partial charge in [-0.15, -0.1) is 0 Å². The molecule has 0 amide bonds. The van der Waals surface area contributed by atoms with Crippen LogP contribution in [0.25, 0.3) is 0 Å². The van der Waals surface area contributed by atoms with Gasteiger partial charge < -0.3 is 5.21 Å². The molecule has 0 spiro atoms. The van der Waals surface area contributed by atoms with Gasteiger partial charge in [0.25, 0.3) is 10.0 Å². The molecule has 0 radical (unpaired) electrons. The van der Waals surface area contributed by atoms with Crippen LogP contribution in [0, 0.1) is 0 Å². The fourth-order valence-electron chi connectivity index (χ4n) is 2.11. The van der Waals surface area contributed by atoms with Crippen molar-refractivity contribution in [2.75, 3.05) is 11.4 Å². The van der Waals surface area contributed by atoms with Crippen LogP contribution in [0.2, 0.25) is 0 Å². The van der Waals surface area contributed by atoms with E-state index in [1.165, 1.54) is 13.2 Å². The lowest BCUT2D eigenvalue weighted by molar-refractivity contribution is 0.319. The quantitative estimate of drug-likeness (QED) is 0.549. The first-order chi connectivity index (χ1) is 9.07. The van der Waals surface area contributed by atoms with E-state index in [-0.39, 0.29) is 16.3 Å². The fourth-order valence-corrected chi connectivity index (χ4v) is 3.39. The Morgan fingerprint density at radius 2 is 2.05 bits per heavy atom. The van der Waals surface area contributed by atoms with Gasteiger partial charge in [-0.2, -0.15) is 13.5 Å². The second kappa shape index (κ2) is 3.82. The molecule has 2 N–H and O–H groups in total. The second-order valence-corrected chi connectivity index (χ2v) is 5.96. The maximum Gasteiger partial charge on any atom is 0.281 e. The van der Waals surface area contributed by atoms with Gasteiger partial charge in [0.1, 0.15) is 5.71 Å². The van der Waals surface area contributed by atoms with E-state index in [1.54, 1.807) is 24.3 Å². The van der Waals surface area contributed by atoms with Gasteiger partial charge in [0, 0.05) is 12.6 Å². The Labute approximate surface area is 109 Å². The molecule has 0 atom stereocenters. The molecule has 3 rings (SSSR count). The summed E-state index contributed by atoms with van der Waals surface area (Å²) < 4.78 is 26.0. The lowest BCUT2D eigenvalue weighted by Crippen LogP contribution is -2.26. The Morgan fingerprint density at radius 1 is 1.32 bits per heavy atom. The Balaban J connectivity index is 2.46. The van der Waals surface area contributed by atoms with E-state index in [9.17, 15) is 13.6 Å². The van der Waals surface area contributed by atoms with Gasteiger partial charge in [-0.05, 0) is 6.07 Å². The monoisotopic (exact) mass is 278 g/mol. The number of sulfonamides is 1. The highest BCUT2D eigenvalue weighted by Gasteiger charge is 2.34. The number of anilines is 1. The van der Waals surface area contributed by atoms with Gasteiger partial charge in [-0.3, -0.25) is 9.40 Å². The number of oxime groups is 1. The molecule has 0 fully saturated rings. The summed E-state index contributed by atoms with van der Waals surface area (Å²) >= 11 is 0. The third-order valence-electron chi connectivity index (χ3n) is 3.08. The highest BCUT2D eigenvalue weighted by molar-refractivity contribution is 7.92. The Morgan fingerprint density at radius 3 is 2.79 bits per heavy atom. The molecular weight excluding hydrogens is 268 g/mol. The molecule has 1 aliphatic heterocycles. The average Bonchev–Trinajstić information content (AvgIpc) is 2.87. The molecular formula is C11H10N4O3S. The van der Waals surface area contributed by atoms with Crippen molar-refractivity contribution in [3.8, 4) is 0 Å². The predicted octanol–water partition coefficient (Wildman–Crippen LogP) is 0.775. The topological polar surface area (TPSA) is 98.6 Å². The normalized spacial score (nSPS) is 18.8. The van der Waals surface area contributed by atoms with E-state index in [1.807, 2.05) is 0 Å². The van der Waals surface area contributed by atoms with E-state index in [2.05, 4.69) is 15.4 Å². The molecule has 19 heavy (non-hydrogen) atoms. The summed E-state index contributed by atoms with van der Waals surface area (Å²) in [6.45, 7) is 0. The van der Waals surface area contributed by atoms with Crippen molar-refractivity contribution >= 4 is 21.4 Å². The van der Waals surface area contributed by atoms with Crippen molar-refractivity contribution in [1.82, 2.24) is 10.2 Å². The Kier molecular flexibility index (Phi) is 2.36. The summed E-state index contributed by atoms with van der Waals surface area (Å²) in [7, 11) is -2.30. The minimum absolute atomic E-state index is 0.0843. The van der Waals surface area contributed by atoms with Gasteiger partial charge in [0.2, 0.25) is 0 Å². The average molecular weight is 278 g/mol. The molecule has 2 aromatic rings. The Hall–Kier alpha value is -2.35. The summed E-state index contributed by atoms with van der Waals surface area (Å²) in [5, 5.41) is 18.5. The van der Waals surface area contributed by atoms with Gasteiger partial charge in [-0.25, -0.2) is 0 Å². The summed E-state index contributed by atoms with van der Waals surface area (Å²) in [6, 6.07) is 6.81. The zero-order valence-corrected chi connectivity index (χ0v) is 10.7. The zero-order valence-electron chi connectivity index (χ0n) is 9.90. The van der Waals surface area contributed by atoms with Crippen LogP contribution in [0.5, 0.6) is 0 Å². The van der Waals surface area contributed by atoms with Crippen molar-refractivity contribution in [2.45, 2.75) is 5.03 Å². The van der Waals surface area contributed by atoms with Gasteiger partial charge >= 0.3 is 0 Å². The standard InChI is InChI=1S/C11H10N4O3S/c1-15-9-5-3-2-4-7(9)10(14-16)8-6-12-13-11(8)19(15,17)18/h2-6,16H,1H3,(H,12,13). The third kappa shape index (κ3) is 1.46. The number of nitrogens with one attached hydrogen (secondary N) is 1. The Bertz CT molecular complexity index is 779. The molecule has 0 aliphatic carbocycles. The van der Waals surface area contributed by atoms with E-state index in [0.29, 0.717) is 11.3 Å². The van der Waals surface area contributed by atoms with Gasteiger partial charge in [0.05, 0.1) is 17.4 Å². The molecule has 2 heterocycles. The molecule has 0 saturated heterocycles. The molecule has 1 aromatic heterocycles. The maximum atomic E-state index is 12.4. The first-order valence-electron chi connectivity index (χ1n) is 5.41. The predicted molar refractivity (Wildman–Crippen MR) is 68.0 cm³/mol. The first kappa shape index (κ1) is 11.7.